The molecule has 0 bridgehead atoms. The van der Waals surface area contributed by atoms with Crippen molar-refractivity contribution in [3.63, 3.8) is 0 Å². The van der Waals surface area contributed by atoms with E-state index in [0.29, 0.717) is 11.3 Å². The first-order valence-electron chi connectivity index (χ1n) is 6.41. The molecule has 0 aliphatic carbocycles. The van der Waals surface area contributed by atoms with Gasteiger partial charge in [-0.25, -0.2) is 0 Å². The van der Waals surface area contributed by atoms with Crippen molar-refractivity contribution < 1.29 is 9.90 Å². The van der Waals surface area contributed by atoms with Gasteiger partial charge in [0.25, 0.3) is 5.91 Å². The van der Waals surface area contributed by atoms with Crippen molar-refractivity contribution in [2.24, 2.45) is 7.05 Å². The minimum atomic E-state index is -0.0686. The van der Waals surface area contributed by atoms with Crippen molar-refractivity contribution in [3.05, 3.63) is 16.6 Å². The Morgan fingerprint density at radius 1 is 1.63 bits per heavy atom. The smallest absolute Gasteiger partial charge is 0.261 e. The first kappa shape index (κ1) is 14.0. The Hall–Kier alpha value is -1.40. The van der Waals surface area contributed by atoms with Crippen LogP contribution in [-0.4, -0.2) is 33.4 Å². The van der Waals surface area contributed by atoms with Gasteiger partial charge < -0.3 is 10.4 Å². The summed E-state index contributed by atoms with van der Waals surface area (Å²) in [5, 5.41) is 17.3. The molecule has 0 saturated heterocycles. The van der Waals surface area contributed by atoms with Crippen molar-refractivity contribution in [2.75, 3.05) is 6.61 Å². The largest absolute Gasteiger partial charge is 0.396 e. The highest BCUT2D eigenvalue weighted by atomic mass is 32.1. The summed E-state index contributed by atoms with van der Waals surface area (Å²) in [6.07, 6.45) is 1.41. The lowest BCUT2D eigenvalue weighted by molar-refractivity contribution is 0.0933. The Balaban J connectivity index is 2.19. The number of carbonyl (C=O) groups excluding carboxylic acids is 1. The summed E-state index contributed by atoms with van der Waals surface area (Å²) in [5.41, 5.74) is 0.940. The van der Waals surface area contributed by atoms with Gasteiger partial charge in [-0.05, 0) is 25.8 Å². The van der Waals surface area contributed by atoms with Crippen LogP contribution in [0.4, 0.5) is 0 Å². The second-order valence-corrected chi connectivity index (χ2v) is 5.66. The van der Waals surface area contributed by atoms with Crippen LogP contribution in [0.1, 0.15) is 35.1 Å². The van der Waals surface area contributed by atoms with Crippen LogP contribution < -0.4 is 5.32 Å². The molecule has 0 spiro atoms. The van der Waals surface area contributed by atoms with Gasteiger partial charge in [0.15, 0.2) is 0 Å². The van der Waals surface area contributed by atoms with Gasteiger partial charge in [-0.3, -0.25) is 9.48 Å². The summed E-state index contributed by atoms with van der Waals surface area (Å²) in [5.74, 6) is -0.0686. The second kappa shape index (κ2) is 5.71. The van der Waals surface area contributed by atoms with Crippen molar-refractivity contribution in [1.82, 2.24) is 15.1 Å². The molecule has 6 heteroatoms. The highest BCUT2D eigenvalue weighted by Gasteiger charge is 2.17. The molecule has 1 unspecified atom stereocenters. The predicted molar refractivity (Wildman–Crippen MR) is 76.6 cm³/mol. The van der Waals surface area contributed by atoms with E-state index in [1.165, 1.54) is 11.3 Å². The molecular formula is C13H19N3O2S. The molecule has 2 N–H and O–H groups in total. The lowest BCUT2D eigenvalue weighted by Crippen LogP contribution is -2.34. The van der Waals surface area contributed by atoms with E-state index < -0.39 is 0 Å². The van der Waals surface area contributed by atoms with E-state index in [0.717, 1.165) is 22.3 Å². The van der Waals surface area contributed by atoms with Crippen LogP contribution >= 0.6 is 11.3 Å². The molecule has 0 fully saturated rings. The number of carbonyl (C=O) groups is 1. The molecule has 0 aliphatic rings. The molecule has 2 heterocycles. The SMILES string of the molecule is CCC(CCO)NC(=O)c1cc2c(C)nn(C)c2s1. The molecule has 0 aliphatic heterocycles. The van der Waals surface area contributed by atoms with Crippen molar-refractivity contribution in [1.29, 1.82) is 0 Å². The third kappa shape index (κ3) is 2.79. The Bertz CT molecular complexity index is 553. The number of amides is 1. The fraction of sp³-hybridized carbons (Fsp3) is 0.538. The lowest BCUT2D eigenvalue weighted by atomic mass is 10.1. The van der Waals surface area contributed by atoms with Gasteiger partial charge in [0.05, 0.1) is 10.6 Å². The van der Waals surface area contributed by atoms with E-state index in [-0.39, 0.29) is 18.6 Å². The quantitative estimate of drug-likeness (QED) is 0.878. The number of nitrogens with one attached hydrogen (secondary N) is 1. The number of thiophene rings is 1. The first-order valence-corrected chi connectivity index (χ1v) is 7.23. The fourth-order valence-electron chi connectivity index (χ4n) is 2.11. The van der Waals surface area contributed by atoms with E-state index in [4.69, 9.17) is 5.11 Å². The number of fused-ring (bicyclic) bond motifs is 1. The average Bonchev–Trinajstić information content (AvgIpc) is 2.92. The predicted octanol–water partition coefficient (Wildman–Crippen LogP) is 1.83. The summed E-state index contributed by atoms with van der Waals surface area (Å²) in [7, 11) is 1.88. The molecule has 104 valence electrons. The number of aryl methyl sites for hydroxylation is 2. The summed E-state index contributed by atoms with van der Waals surface area (Å²) >= 11 is 1.45. The molecular weight excluding hydrogens is 262 g/mol. The molecule has 1 amide bonds. The molecule has 0 saturated carbocycles. The first-order chi connectivity index (χ1) is 9.06. The van der Waals surface area contributed by atoms with Crippen LogP contribution in [0.25, 0.3) is 10.2 Å². The number of nitrogens with zero attached hydrogens (tertiary/aromatic N) is 2. The number of hydrogen-bond acceptors (Lipinski definition) is 4. The standard InChI is InChI=1S/C13H19N3O2S/c1-4-9(5-6-17)14-12(18)11-7-10-8(2)15-16(3)13(10)19-11/h7,9,17H,4-6H2,1-3H3,(H,14,18). The van der Waals surface area contributed by atoms with Crippen LogP contribution in [0.3, 0.4) is 0 Å². The maximum atomic E-state index is 12.2. The zero-order valence-corrected chi connectivity index (χ0v) is 12.3. The van der Waals surface area contributed by atoms with Gasteiger partial charge in [0.1, 0.15) is 4.83 Å². The maximum absolute atomic E-state index is 12.2. The number of aliphatic hydroxyl groups is 1. The topological polar surface area (TPSA) is 67.2 Å². The van der Waals surface area contributed by atoms with E-state index in [1.54, 1.807) is 4.68 Å². The molecule has 0 radical (unpaired) electrons. The minimum absolute atomic E-state index is 0.0296. The van der Waals surface area contributed by atoms with Crippen LogP contribution in [-0.2, 0) is 7.05 Å². The van der Waals surface area contributed by atoms with E-state index >= 15 is 0 Å². The molecule has 0 aromatic carbocycles. The molecule has 2 rings (SSSR count). The fourth-order valence-corrected chi connectivity index (χ4v) is 3.13. The van der Waals surface area contributed by atoms with E-state index in [2.05, 4.69) is 10.4 Å². The number of rotatable bonds is 5. The Morgan fingerprint density at radius 3 is 2.95 bits per heavy atom. The van der Waals surface area contributed by atoms with Gasteiger partial charge in [-0.1, -0.05) is 6.92 Å². The second-order valence-electron chi connectivity index (χ2n) is 4.63. The molecule has 1 atom stereocenters. The highest BCUT2D eigenvalue weighted by Crippen LogP contribution is 2.27. The van der Waals surface area contributed by atoms with E-state index in [9.17, 15) is 4.79 Å². The Morgan fingerprint density at radius 2 is 2.37 bits per heavy atom. The third-order valence-electron chi connectivity index (χ3n) is 3.23. The molecule has 5 nitrogen and oxygen atoms in total. The zero-order valence-electron chi connectivity index (χ0n) is 11.4. The van der Waals surface area contributed by atoms with Gasteiger partial charge in [-0.2, -0.15) is 5.10 Å². The van der Waals surface area contributed by atoms with Gasteiger partial charge in [0, 0.05) is 25.1 Å². The van der Waals surface area contributed by atoms with Gasteiger partial charge in [0.2, 0.25) is 0 Å². The van der Waals surface area contributed by atoms with Gasteiger partial charge in [-0.15, -0.1) is 11.3 Å². The van der Waals surface area contributed by atoms with Crippen molar-refractivity contribution in [3.8, 4) is 0 Å². The van der Waals surface area contributed by atoms with Gasteiger partial charge >= 0.3 is 0 Å². The van der Waals surface area contributed by atoms with Crippen LogP contribution in [0, 0.1) is 6.92 Å². The summed E-state index contributed by atoms with van der Waals surface area (Å²) in [6, 6.07) is 1.92. The number of aliphatic hydroxyl groups excluding tert-OH is 1. The zero-order chi connectivity index (χ0) is 14.0. The number of aromatic nitrogens is 2. The average molecular weight is 281 g/mol. The van der Waals surface area contributed by atoms with Crippen molar-refractivity contribution >= 4 is 27.5 Å². The van der Waals surface area contributed by atoms with Crippen LogP contribution in [0.2, 0.25) is 0 Å². The van der Waals surface area contributed by atoms with Crippen LogP contribution in [0.15, 0.2) is 6.07 Å². The Labute approximate surface area is 116 Å². The monoisotopic (exact) mass is 281 g/mol. The molecule has 19 heavy (non-hydrogen) atoms. The molecule has 2 aromatic heterocycles. The number of hydrogen-bond donors (Lipinski definition) is 2. The normalized spacial score (nSPS) is 12.8. The Kier molecular flexibility index (Phi) is 4.21. The molecule has 2 aromatic rings. The van der Waals surface area contributed by atoms with Crippen LogP contribution in [0.5, 0.6) is 0 Å². The van der Waals surface area contributed by atoms with Crippen molar-refractivity contribution in [2.45, 2.75) is 32.7 Å². The third-order valence-corrected chi connectivity index (χ3v) is 4.43. The summed E-state index contributed by atoms with van der Waals surface area (Å²) in [6.45, 7) is 4.03. The maximum Gasteiger partial charge on any atom is 0.261 e. The minimum Gasteiger partial charge on any atom is -0.396 e. The van der Waals surface area contributed by atoms with E-state index in [1.807, 2.05) is 27.0 Å². The summed E-state index contributed by atoms with van der Waals surface area (Å²) in [4.78, 5) is 13.9. The lowest BCUT2D eigenvalue weighted by Gasteiger charge is -2.14. The summed E-state index contributed by atoms with van der Waals surface area (Å²) < 4.78 is 1.80. The highest BCUT2D eigenvalue weighted by molar-refractivity contribution is 7.20.